The molecule has 2 aliphatic heterocycles. The van der Waals surface area contributed by atoms with Crippen molar-refractivity contribution in [2.75, 3.05) is 7.05 Å². The fourth-order valence-corrected chi connectivity index (χ4v) is 6.43. The first kappa shape index (κ1) is 17.6. The van der Waals surface area contributed by atoms with E-state index in [2.05, 4.69) is 37.9 Å². The highest BCUT2D eigenvalue weighted by atomic mass is 16.6. The summed E-state index contributed by atoms with van der Waals surface area (Å²) in [5.41, 5.74) is 0. The van der Waals surface area contributed by atoms with Gasteiger partial charge in [0.2, 0.25) is 0 Å². The van der Waals surface area contributed by atoms with Crippen LogP contribution < -0.4 is 0 Å². The van der Waals surface area contributed by atoms with Crippen LogP contribution in [0.3, 0.4) is 0 Å². The van der Waals surface area contributed by atoms with E-state index in [0.29, 0.717) is 23.9 Å². The second-order valence-corrected chi connectivity index (χ2v) is 9.24. The molecule has 4 aliphatic rings. The van der Waals surface area contributed by atoms with Crippen molar-refractivity contribution in [1.82, 2.24) is 4.90 Å². The number of rotatable bonds is 2. The summed E-state index contributed by atoms with van der Waals surface area (Å²) in [5.74, 6) is 2.71. The highest BCUT2D eigenvalue weighted by Gasteiger charge is 2.53. The van der Waals surface area contributed by atoms with Crippen molar-refractivity contribution in [2.45, 2.75) is 83.4 Å². The van der Waals surface area contributed by atoms with Crippen LogP contribution in [0.5, 0.6) is 0 Å². The number of fused-ring (bicyclic) bond motifs is 2. The minimum Gasteiger partial charge on any atom is -0.462 e. The van der Waals surface area contributed by atoms with E-state index in [1.54, 1.807) is 0 Å². The highest BCUT2D eigenvalue weighted by Crippen LogP contribution is 2.53. The molecule has 2 saturated heterocycles. The van der Waals surface area contributed by atoms with Crippen molar-refractivity contribution in [3.63, 3.8) is 0 Å². The summed E-state index contributed by atoms with van der Waals surface area (Å²) >= 11 is 0. The van der Waals surface area contributed by atoms with Gasteiger partial charge in [0.25, 0.3) is 0 Å². The number of nitrogens with zero attached hydrogens (tertiary/aromatic N) is 1. The maximum absolute atomic E-state index is 12.4. The van der Waals surface area contributed by atoms with Crippen LogP contribution in [-0.4, -0.2) is 36.1 Å². The lowest BCUT2D eigenvalue weighted by atomic mass is 9.57. The van der Waals surface area contributed by atoms with Gasteiger partial charge in [-0.1, -0.05) is 37.8 Å². The first-order chi connectivity index (χ1) is 12.1. The van der Waals surface area contributed by atoms with Crippen LogP contribution in [0, 0.1) is 29.6 Å². The van der Waals surface area contributed by atoms with Gasteiger partial charge >= 0.3 is 5.97 Å². The molecule has 25 heavy (non-hydrogen) atoms. The summed E-state index contributed by atoms with van der Waals surface area (Å²) in [6, 6.07) is 1.25. The molecule has 140 valence electrons. The zero-order chi connectivity index (χ0) is 17.6. The quantitative estimate of drug-likeness (QED) is 0.548. The minimum atomic E-state index is 0.0864. The average Bonchev–Trinajstić information content (AvgIpc) is 2.89. The monoisotopic (exact) mass is 345 g/mol. The molecule has 2 heterocycles. The van der Waals surface area contributed by atoms with Gasteiger partial charge in [0.05, 0.1) is 5.92 Å². The molecule has 2 saturated carbocycles. The van der Waals surface area contributed by atoms with Gasteiger partial charge in [-0.05, 0) is 64.3 Å². The Morgan fingerprint density at radius 3 is 2.68 bits per heavy atom. The molecule has 0 aromatic heterocycles. The third-order valence-electron chi connectivity index (χ3n) is 7.97. The maximum atomic E-state index is 12.4. The van der Waals surface area contributed by atoms with Crippen molar-refractivity contribution in [2.24, 2.45) is 29.6 Å². The molecule has 3 heteroatoms. The molecule has 0 radical (unpaired) electrons. The number of esters is 1. The normalized spacial score (nSPS) is 48.2. The first-order valence-corrected chi connectivity index (χ1v) is 10.7. The summed E-state index contributed by atoms with van der Waals surface area (Å²) < 4.78 is 5.69. The number of hydrogen-bond donors (Lipinski definition) is 0. The van der Waals surface area contributed by atoms with E-state index in [0.717, 1.165) is 18.3 Å². The molecule has 3 nitrogen and oxygen atoms in total. The molecule has 4 fully saturated rings. The van der Waals surface area contributed by atoms with Crippen molar-refractivity contribution in [3.8, 4) is 0 Å². The Bertz CT molecular complexity index is 530. The van der Waals surface area contributed by atoms with E-state index < -0.39 is 0 Å². The molecule has 0 aromatic carbocycles. The maximum Gasteiger partial charge on any atom is 0.309 e. The van der Waals surface area contributed by atoms with E-state index in [1.807, 2.05) is 0 Å². The highest BCUT2D eigenvalue weighted by molar-refractivity contribution is 5.75. The minimum absolute atomic E-state index is 0.0864. The third kappa shape index (κ3) is 3.18. The number of likely N-dealkylation sites (N-methyl/N-ethyl adjacent to an activating group) is 1. The van der Waals surface area contributed by atoms with Crippen LogP contribution in [0.25, 0.3) is 0 Å². The van der Waals surface area contributed by atoms with Gasteiger partial charge in [-0.25, -0.2) is 0 Å². The van der Waals surface area contributed by atoms with Crippen LogP contribution in [0.2, 0.25) is 0 Å². The fourth-order valence-electron chi connectivity index (χ4n) is 6.43. The van der Waals surface area contributed by atoms with E-state index >= 15 is 0 Å². The number of carbonyl (C=O) groups excluding carboxylic acids is 1. The van der Waals surface area contributed by atoms with Gasteiger partial charge in [-0.15, -0.1) is 0 Å². The van der Waals surface area contributed by atoms with E-state index in [4.69, 9.17) is 4.74 Å². The summed E-state index contributed by atoms with van der Waals surface area (Å²) in [4.78, 5) is 14.9. The molecule has 0 aromatic rings. The van der Waals surface area contributed by atoms with E-state index in [-0.39, 0.29) is 18.0 Å². The van der Waals surface area contributed by atoms with Crippen LogP contribution >= 0.6 is 0 Å². The van der Waals surface area contributed by atoms with Crippen molar-refractivity contribution in [3.05, 3.63) is 12.2 Å². The second-order valence-electron chi connectivity index (χ2n) is 9.24. The van der Waals surface area contributed by atoms with Gasteiger partial charge in [0.15, 0.2) is 0 Å². The molecule has 0 amide bonds. The smallest absolute Gasteiger partial charge is 0.309 e. The van der Waals surface area contributed by atoms with Gasteiger partial charge < -0.3 is 4.74 Å². The Hall–Kier alpha value is -0.830. The molecule has 0 bridgehead atoms. The predicted molar refractivity (Wildman–Crippen MR) is 100 cm³/mol. The molecule has 8 atom stereocenters. The van der Waals surface area contributed by atoms with Gasteiger partial charge in [-0.3, -0.25) is 9.69 Å². The molecular weight excluding hydrogens is 310 g/mol. The van der Waals surface area contributed by atoms with E-state index in [9.17, 15) is 4.79 Å². The fraction of sp³-hybridized carbons (Fsp3) is 0.864. The van der Waals surface area contributed by atoms with Gasteiger partial charge in [-0.2, -0.15) is 0 Å². The van der Waals surface area contributed by atoms with Crippen LogP contribution in [-0.2, 0) is 9.53 Å². The average molecular weight is 346 g/mol. The van der Waals surface area contributed by atoms with Gasteiger partial charge in [0.1, 0.15) is 6.10 Å². The lowest BCUT2D eigenvalue weighted by Gasteiger charge is -2.46. The Labute approximate surface area is 153 Å². The Balaban J connectivity index is 1.57. The Kier molecular flexibility index (Phi) is 4.96. The number of likely N-dealkylation sites (tertiary alicyclic amines) is 1. The third-order valence-corrected chi connectivity index (χ3v) is 7.97. The summed E-state index contributed by atoms with van der Waals surface area (Å²) in [6.45, 7) is 4.47. The Morgan fingerprint density at radius 2 is 1.84 bits per heavy atom. The molecule has 0 N–H and O–H groups in total. The topological polar surface area (TPSA) is 29.5 Å². The SMILES string of the molecule is C[C@@H]1OC(=O)[C@H]2C[C@H]3CCCC[C@@H]3[C@@H](C=CC3CCC[C@H](C)N3C)[C@@H]12. The lowest BCUT2D eigenvalue weighted by molar-refractivity contribution is -0.144. The zero-order valence-corrected chi connectivity index (χ0v) is 16.2. The number of piperidine rings is 1. The molecule has 1 unspecified atom stereocenters. The number of hydrogen-bond acceptors (Lipinski definition) is 3. The second kappa shape index (κ2) is 7.06. The lowest BCUT2D eigenvalue weighted by Crippen LogP contribution is -2.44. The molecular formula is C22H35NO2. The first-order valence-electron chi connectivity index (χ1n) is 10.7. The molecule has 4 rings (SSSR count). The zero-order valence-electron chi connectivity index (χ0n) is 16.2. The summed E-state index contributed by atoms with van der Waals surface area (Å²) in [6.07, 6.45) is 15.5. The number of carbonyl (C=O) groups is 1. The summed E-state index contributed by atoms with van der Waals surface area (Å²) in [5, 5.41) is 0. The van der Waals surface area contributed by atoms with Crippen LogP contribution in [0.15, 0.2) is 12.2 Å². The van der Waals surface area contributed by atoms with E-state index in [1.165, 1.54) is 44.9 Å². The Morgan fingerprint density at radius 1 is 1.04 bits per heavy atom. The number of allylic oxidation sites excluding steroid dienone is 1. The summed E-state index contributed by atoms with van der Waals surface area (Å²) in [7, 11) is 2.27. The number of cyclic esters (lactones) is 1. The predicted octanol–water partition coefficient (Wildman–Crippen LogP) is 4.42. The largest absolute Gasteiger partial charge is 0.462 e. The van der Waals surface area contributed by atoms with Gasteiger partial charge in [0, 0.05) is 18.0 Å². The van der Waals surface area contributed by atoms with Crippen molar-refractivity contribution < 1.29 is 9.53 Å². The van der Waals surface area contributed by atoms with Crippen molar-refractivity contribution >= 4 is 5.97 Å². The van der Waals surface area contributed by atoms with Crippen LogP contribution in [0.1, 0.15) is 65.2 Å². The molecule has 2 aliphatic carbocycles. The molecule has 0 spiro atoms. The number of ether oxygens (including phenoxy) is 1. The standard InChI is InChI=1S/C22H35NO2/c1-14-7-6-9-17(23(14)3)11-12-19-18-10-5-4-8-16(18)13-20-21(19)15(2)25-22(20)24/h11-12,14-21H,4-10,13H2,1-3H3/t14-,15-,16+,17?,18-,19+,20-,21+/m0/s1. The van der Waals surface area contributed by atoms with Crippen molar-refractivity contribution in [1.29, 1.82) is 0 Å². The van der Waals surface area contributed by atoms with Crippen LogP contribution in [0.4, 0.5) is 0 Å².